The van der Waals surface area contributed by atoms with Crippen LogP contribution in [0.25, 0.3) is 98.8 Å². The quantitative estimate of drug-likeness (QED) is 0.175. The number of benzene rings is 9. The number of furan rings is 1. The lowest BCUT2D eigenvalue weighted by Gasteiger charge is -2.20. The van der Waals surface area contributed by atoms with Gasteiger partial charge in [-0.05, 0) is 108 Å². The first-order valence-corrected chi connectivity index (χ1v) is 16.9. The second-order valence-electron chi connectivity index (χ2n) is 12.9. The van der Waals surface area contributed by atoms with Crippen LogP contribution >= 0.6 is 0 Å². The van der Waals surface area contributed by atoms with Gasteiger partial charge < -0.3 is 4.42 Å². The predicted octanol–water partition coefficient (Wildman–Crippen LogP) is 14.0. The average molecular weight is 641 g/mol. The van der Waals surface area contributed by atoms with Crippen molar-refractivity contribution < 1.29 is 9.90 Å². The Kier molecular flexibility index (Phi) is 5.59. The molecule has 1 nitrogen and oxygen atoms in total. The summed E-state index contributed by atoms with van der Waals surface area (Å²) in [5, 5.41) is 8.60. The fourth-order valence-corrected chi connectivity index (χ4v) is 7.73. The Labute approximate surface area is 296 Å². The normalized spacial score (nSPS) is 12.8. The van der Waals surface area contributed by atoms with Crippen LogP contribution in [-0.4, -0.2) is 0 Å². The minimum atomic E-state index is -0.0338. The summed E-state index contributed by atoms with van der Waals surface area (Å²) in [7, 11) is 0. The lowest BCUT2D eigenvalue weighted by Crippen LogP contribution is -1.93. The Morgan fingerprint density at radius 1 is 0.400 bits per heavy atom. The summed E-state index contributed by atoms with van der Waals surface area (Å²) in [4.78, 5) is 0. The zero-order valence-corrected chi connectivity index (χ0v) is 27.3. The molecule has 0 unspecified atom stereocenters. The number of fused-ring (bicyclic) bond motifs is 6. The molecule has 0 amide bonds. The van der Waals surface area contributed by atoms with Crippen molar-refractivity contribution >= 4 is 54.3 Å². The van der Waals surface area contributed by atoms with Crippen molar-refractivity contribution in [3.05, 3.63) is 181 Å². The Bertz CT molecular complexity index is 3070. The standard InChI is InChI=1S/C49H32O/c1-31-22-24-33(25-23-31)37-14-5-6-15-38(37)47-39-16-7-9-18-41(39)48(42-19-10-8-17-40(42)47)43-20-11-21-45-49(43)44-29-35-27-26-34(32-12-3-2-4-13-32)28-36(35)30-46(44)50-45/h2-30H,1H3/i22D,23D,24D,25D. The second-order valence-corrected chi connectivity index (χ2v) is 12.9. The lowest BCUT2D eigenvalue weighted by atomic mass is 9.83. The molecule has 1 heteroatoms. The maximum Gasteiger partial charge on any atom is 0.136 e. The molecule has 0 aliphatic rings. The van der Waals surface area contributed by atoms with Gasteiger partial charge >= 0.3 is 0 Å². The highest BCUT2D eigenvalue weighted by atomic mass is 16.3. The summed E-state index contributed by atoms with van der Waals surface area (Å²) < 4.78 is 41.8. The summed E-state index contributed by atoms with van der Waals surface area (Å²) in [5.41, 5.74) is 9.36. The monoisotopic (exact) mass is 640 g/mol. The molecule has 0 aliphatic heterocycles. The summed E-state index contributed by atoms with van der Waals surface area (Å²) in [6, 6.07) is 52.4. The van der Waals surface area contributed by atoms with Crippen molar-refractivity contribution in [3.63, 3.8) is 0 Å². The van der Waals surface area contributed by atoms with E-state index in [0.717, 1.165) is 76.5 Å². The maximum absolute atomic E-state index is 8.97. The third-order valence-corrected chi connectivity index (χ3v) is 9.98. The van der Waals surface area contributed by atoms with Gasteiger partial charge in [-0.1, -0.05) is 157 Å². The van der Waals surface area contributed by atoms with Crippen molar-refractivity contribution in [2.24, 2.45) is 0 Å². The summed E-state index contributed by atoms with van der Waals surface area (Å²) in [5.74, 6) is 0. The van der Waals surface area contributed by atoms with Crippen LogP contribution in [0.2, 0.25) is 0 Å². The van der Waals surface area contributed by atoms with Crippen molar-refractivity contribution in [1.29, 1.82) is 0 Å². The number of hydrogen-bond acceptors (Lipinski definition) is 1. The molecule has 50 heavy (non-hydrogen) atoms. The molecule has 234 valence electrons. The molecule has 0 spiro atoms. The van der Waals surface area contributed by atoms with Crippen molar-refractivity contribution in [3.8, 4) is 44.5 Å². The largest absolute Gasteiger partial charge is 0.456 e. The third-order valence-electron chi connectivity index (χ3n) is 9.98. The number of rotatable bonds is 4. The SMILES string of the molecule is [2H]c1c([2H])c(-c2ccccc2-c2c3ccccc3c(-c3cccc4oc5cc6cc(-c7ccccc7)ccc6cc5c34)c3ccccc23)c([2H])c([2H])c1C. The maximum atomic E-state index is 8.97. The molecule has 0 fully saturated rings. The Hall–Kier alpha value is -6.44. The van der Waals surface area contributed by atoms with E-state index >= 15 is 0 Å². The van der Waals surface area contributed by atoms with Gasteiger partial charge in [0.25, 0.3) is 0 Å². The number of hydrogen-bond donors (Lipinski definition) is 0. The molecule has 0 aliphatic carbocycles. The average Bonchev–Trinajstić information content (AvgIpc) is 3.58. The highest BCUT2D eigenvalue weighted by molar-refractivity contribution is 6.26. The van der Waals surface area contributed by atoms with E-state index < -0.39 is 0 Å². The lowest BCUT2D eigenvalue weighted by molar-refractivity contribution is 0.669. The topological polar surface area (TPSA) is 13.1 Å². The Morgan fingerprint density at radius 3 is 1.70 bits per heavy atom. The van der Waals surface area contributed by atoms with Gasteiger partial charge in [0.1, 0.15) is 11.2 Å². The van der Waals surface area contributed by atoms with E-state index in [1.54, 1.807) is 6.92 Å². The Balaban J connectivity index is 1.26. The molecule has 9 aromatic carbocycles. The van der Waals surface area contributed by atoms with Gasteiger partial charge in [-0.3, -0.25) is 0 Å². The molecule has 0 atom stereocenters. The summed E-state index contributed by atoms with van der Waals surface area (Å²) in [6.07, 6.45) is 0. The zero-order chi connectivity index (χ0) is 36.7. The molecule has 0 radical (unpaired) electrons. The minimum absolute atomic E-state index is 0.0179. The van der Waals surface area contributed by atoms with Crippen LogP contribution in [0.1, 0.15) is 11.0 Å². The first-order chi connectivity index (χ1) is 26.4. The van der Waals surface area contributed by atoms with Gasteiger partial charge in [-0.25, -0.2) is 0 Å². The molecular formula is C49H32O. The predicted molar refractivity (Wildman–Crippen MR) is 213 cm³/mol. The molecule has 0 saturated heterocycles. The first kappa shape index (κ1) is 24.7. The highest BCUT2D eigenvalue weighted by Crippen LogP contribution is 2.48. The van der Waals surface area contributed by atoms with Crippen LogP contribution < -0.4 is 0 Å². The van der Waals surface area contributed by atoms with Crippen LogP contribution in [-0.2, 0) is 0 Å². The molecule has 0 N–H and O–H groups in total. The van der Waals surface area contributed by atoms with Gasteiger partial charge in [0.2, 0.25) is 0 Å². The Morgan fingerprint density at radius 2 is 1.00 bits per heavy atom. The van der Waals surface area contributed by atoms with E-state index in [2.05, 4.69) is 115 Å². The fourth-order valence-electron chi connectivity index (χ4n) is 7.73. The molecular weight excluding hydrogens is 605 g/mol. The molecule has 1 aromatic heterocycles. The van der Waals surface area contributed by atoms with E-state index in [-0.39, 0.29) is 24.2 Å². The second kappa shape index (κ2) is 11.3. The molecule has 10 rings (SSSR count). The first-order valence-electron chi connectivity index (χ1n) is 18.9. The van der Waals surface area contributed by atoms with Crippen molar-refractivity contribution in [1.82, 2.24) is 0 Å². The van der Waals surface area contributed by atoms with Gasteiger partial charge in [0, 0.05) is 10.8 Å². The van der Waals surface area contributed by atoms with Gasteiger partial charge in [0.15, 0.2) is 0 Å². The molecule has 0 bridgehead atoms. The van der Waals surface area contributed by atoms with Crippen LogP contribution in [0.4, 0.5) is 0 Å². The van der Waals surface area contributed by atoms with E-state index in [1.807, 2.05) is 36.4 Å². The molecule has 10 aromatic rings. The summed E-state index contributed by atoms with van der Waals surface area (Å²) >= 11 is 0. The van der Waals surface area contributed by atoms with Crippen LogP contribution in [0.15, 0.2) is 180 Å². The fraction of sp³-hybridized carbons (Fsp3) is 0.0204. The van der Waals surface area contributed by atoms with Gasteiger partial charge in [-0.2, -0.15) is 0 Å². The van der Waals surface area contributed by atoms with Crippen molar-refractivity contribution in [2.75, 3.05) is 0 Å². The van der Waals surface area contributed by atoms with Crippen molar-refractivity contribution in [2.45, 2.75) is 6.92 Å². The van der Waals surface area contributed by atoms with E-state index in [1.165, 1.54) is 11.1 Å². The van der Waals surface area contributed by atoms with E-state index in [9.17, 15) is 0 Å². The molecule has 1 heterocycles. The van der Waals surface area contributed by atoms with E-state index in [0.29, 0.717) is 16.7 Å². The van der Waals surface area contributed by atoms with Crippen LogP contribution in [0.3, 0.4) is 0 Å². The van der Waals surface area contributed by atoms with Crippen LogP contribution in [0.5, 0.6) is 0 Å². The van der Waals surface area contributed by atoms with Crippen LogP contribution in [0, 0.1) is 6.92 Å². The van der Waals surface area contributed by atoms with E-state index in [4.69, 9.17) is 9.90 Å². The summed E-state index contributed by atoms with van der Waals surface area (Å²) in [6.45, 7) is 1.64. The minimum Gasteiger partial charge on any atom is -0.456 e. The smallest absolute Gasteiger partial charge is 0.136 e. The third kappa shape index (κ3) is 4.48. The van der Waals surface area contributed by atoms with Gasteiger partial charge in [0.05, 0.1) is 5.48 Å². The van der Waals surface area contributed by atoms with Gasteiger partial charge in [-0.15, -0.1) is 0 Å². The highest BCUT2D eigenvalue weighted by Gasteiger charge is 2.21. The zero-order valence-electron chi connectivity index (χ0n) is 31.3. The molecule has 0 saturated carbocycles.